The second kappa shape index (κ2) is 6.88. The molecular formula is C19H14F2N6. The molecule has 0 unspecified atom stereocenters. The van der Waals surface area contributed by atoms with E-state index in [2.05, 4.69) is 20.5 Å². The van der Waals surface area contributed by atoms with Gasteiger partial charge in [-0.05, 0) is 18.1 Å². The molecule has 0 radical (unpaired) electrons. The van der Waals surface area contributed by atoms with Gasteiger partial charge in [0.1, 0.15) is 17.7 Å². The molecule has 0 fully saturated rings. The van der Waals surface area contributed by atoms with Gasteiger partial charge in [-0.2, -0.15) is 5.26 Å². The van der Waals surface area contributed by atoms with Gasteiger partial charge in [0, 0.05) is 41.8 Å². The molecule has 2 aromatic heterocycles. The highest BCUT2D eigenvalue weighted by Gasteiger charge is 2.13. The molecule has 0 saturated carbocycles. The molecule has 0 aliphatic heterocycles. The molecule has 0 atom stereocenters. The Balaban J connectivity index is 1.52. The third-order valence-corrected chi connectivity index (χ3v) is 4.16. The van der Waals surface area contributed by atoms with Crippen molar-refractivity contribution in [3.63, 3.8) is 0 Å². The maximum Gasteiger partial charge on any atom is 0.207 e. The van der Waals surface area contributed by atoms with Gasteiger partial charge in [-0.25, -0.2) is 8.78 Å². The molecular weight excluding hydrogens is 350 g/mol. The lowest BCUT2D eigenvalue weighted by atomic mass is 10.1. The van der Waals surface area contributed by atoms with Gasteiger partial charge in [-0.15, -0.1) is 15.0 Å². The Labute approximate surface area is 153 Å². The van der Waals surface area contributed by atoms with Crippen molar-refractivity contribution in [1.29, 1.82) is 5.26 Å². The highest BCUT2D eigenvalue weighted by molar-refractivity contribution is 5.83. The number of benzene rings is 2. The van der Waals surface area contributed by atoms with E-state index in [0.717, 1.165) is 39.5 Å². The molecule has 4 rings (SSSR count). The topological polar surface area (TPSA) is 82.3 Å². The highest BCUT2D eigenvalue weighted by Crippen LogP contribution is 2.19. The van der Waals surface area contributed by atoms with E-state index in [1.54, 1.807) is 0 Å². The van der Waals surface area contributed by atoms with Crippen molar-refractivity contribution in [2.45, 2.75) is 6.42 Å². The summed E-state index contributed by atoms with van der Waals surface area (Å²) in [5.74, 6) is -1.22. The molecule has 0 bridgehead atoms. The molecule has 134 valence electrons. The Morgan fingerprint density at radius 1 is 1.11 bits per heavy atom. The number of nitrogens with zero attached hydrogens (tertiary/aromatic N) is 4. The number of hydrogen-bond acceptors (Lipinski definition) is 4. The zero-order chi connectivity index (χ0) is 18.8. The second-order valence-corrected chi connectivity index (χ2v) is 5.96. The minimum absolute atomic E-state index is 0.0543. The quantitative estimate of drug-likeness (QED) is 0.567. The first-order chi connectivity index (χ1) is 13.1. The zero-order valence-corrected chi connectivity index (χ0v) is 14.1. The van der Waals surface area contributed by atoms with E-state index in [4.69, 9.17) is 0 Å². The maximum absolute atomic E-state index is 13.4. The summed E-state index contributed by atoms with van der Waals surface area (Å²) < 4.78 is 26.8. The number of nitrogens with one attached hydrogen (secondary N) is 2. The number of halogens is 2. The van der Waals surface area contributed by atoms with Crippen molar-refractivity contribution < 1.29 is 8.78 Å². The minimum atomic E-state index is -0.741. The number of aromatic amines is 1. The van der Waals surface area contributed by atoms with E-state index in [1.807, 2.05) is 36.5 Å². The lowest BCUT2D eigenvalue weighted by molar-refractivity contribution is 0.577. The summed E-state index contributed by atoms with van der Waals surface area (Å²) in [5.41, 5.74) is 2.35. The van der Waals surface area contributed by atoms with E-state index >= 15 is 0 Å². The Morgan fingerprint density at radius 3 is 2.67 bits per heavy atom. The smallest absolute Gasteiger partial charge is 0.207 e. The fourth-order valence-electron chi connectivity index (χ4n) is 2.93. The zero-order valence-electron chi connectivity index (χ0n) is 14.1. The van der Waals surface area contributed by atoms with E-state index in [1.165, 1.54) is 0 Å². The van der Waals surface area contributed by atoms with Crippen molar-refractivity contribution in [2.75, 3.05) is 11.9 Å². The molecule has 2 N–H and O–H groups in total. The number of aromatic nitrogens is 4. The Hall–Kier alpha value is -3.73. The van der Waals surface area contributed by atoms with E-state index in [0.29, 0.717) is 13.0 Å². The number of rotatable bonds is 5. The van der Waals surface area contributed by atoms with Gasteiger partial charge in [-0.1, -0.05) is 18.2 Å². The molecule has 0 aliphatic rings. The molecule has 4 aromatic rings. The number of anilines is 1. The molecule has 0 amide bonds. The average Bonchev–Trinajstić information content (AvgIpc) is 3.25. The van der Waals surface area contributed by atoms with Crippen LogP contribution >= 0.6 is 0 Å². The summed E-state index contributed by atoms with van der Waals surface area (Å²) in [6, 6.07) is 12.9. The van der Waals surface area contributed by atoms with Gasteiger partial charge in [0.2, 0.25) is 5.69 Å². The molecule has 2 aromatic carbocycles. The first kappa shape index (κ1) is 16.7. The molecule has 0 saturated heterocycles. The normalized spacial score (nSPS) is 10.9. The van der Waals surface area contributed by atoms with Gasteiger partial charge < -0.3 is 10.3 Å². The van der Waals surface area contributed by atoms with Crippen molar-refractivity contribution in [1.82, 2.24) is 20.0 Å². The Bertz CT molecular complexity index is 1130. The van der Waals surface area contributed by atoms with Crippen LogP contribution < -0.4 is 5.32 Å². The first-order valence-corrected chi connectivity index (χ1v) is 8.27. The van der Waals surface area contributed by atoms with Crippen LogP contribution in [0, 0.1) is 23.0 Å². The van der Waals surface area contributed by atoms with E-state index in [-0.39, 0.29) is 17.2 Å². The highest BCUT2D eigenvalue weighted by atomic mass is 19.1. The van der Waals surface area contributed by atoms with Crippen molar-refractivity contribution in [2.24, 2.45) is 0 Å². The lowest BCUT2D eigenvalue weighted by Crippen LogP contribution is -2.07. The van der Waals surface area contributed by atoms with Crippen LogP contribution in [-0.2, 0) is 6.42 Å². The number of nitriles is 1. The van der Waals surface area contributed by atoms with Gasteiger partial charge in [0.25, 0.3) is 0 Å². The van der Waals surface area contributed by atoms with Gasteiger partial charge in [0.05, 0.1) is 5.69 Å². The van der Waals surface area contributed by atoms with Crippen LogP contribution in [0.25, 0.3) is 16.6 Å². The fourth-order valence-corrected chi connectivity index (χ4v) is 2.93. The maximum atomic E-state index is 13.4. The predicted octanol–water partition coefficient (Wildman–Crippen LogP) is 3.55. The van der Waals surface area contributed by atoms with Crippen molar-refractivity contribution in [3.05, 3.63) is 71.6 Å². The van der Waals surface area contributed by atoms with Gasteiger partial charge in [-0.3, -0.25) is 0 Å². The summed E-state index contributed by atoms with van der Waals surface area (Å²) in [4.78, 5) is 4.25. The van der Waals surface area contributed by atoms with Crippen LogP contribution in [0.3, 0.4) is 0 Å². The Morgan fingerprint density at radius 2 is 1.89 bits per heavy atom. The molecule has 0 aliphatic carbocycles. The third-order valence-electron chi connectivity index (χ3n) is 4.16. The molecule has 2 heterocycles. The SMILES string of the molecule is N#Cc1nn(-c2cc(F)cc(F)c2)nc1NCCc1c[nH]c2ccccc12. The van der Waals surface area contributed by atoms with Crippen LogP contribution in [-0.4, -0.2) is 26.5 Å². The van der Waals surface area contributed by atoms with Crippen LogP contribution in [0.5, 0.6) is 0 Å². The Kier molecular flexibility index (Phi) is 4.26. The number of H-pyrrole nitrogens is 1. The third kappa shape index (κ3) is 3.35. The minimum Gasteiger partial charge on any atom is -0.366 e. The van der Waals surface area contributed by atoms with Gasteiger partial charge >= 0.3 is 0 Å². The number of hydrogen-bond donors (Lipinski definition) is 2. The van der Waals surface area contributed by atoms with Crippen LogP contribution in [0.15, 0.2) is 48.7 Å². The second-order valence-electron chi connectivity index (χ2n) is 5.96. The summed E-state index contributed by atoms with van der Waals surface area (Å²) in [5, 5.41) is 21.6. The summed E-state index contributed by atoms with van der Waals surface area (Å²) in [6.07, 6.45) is 2.65. The summed E-state index contributed by atoms with van der Waals surface area (Å²) in [6.45, 7) is 0.521. The van der Waals surface area contributed by atoms with Crippen molar-refractivity contribution >= 4 is 16.7 Å². The average molecular weight is 364 g/mol. The van der Waals surface area contributed by atoms with E-state index in [9.17, 15) is 14.0 Å². The molecule has 8 heteroatoms. The monoisotopic (exact) mass is 364 g/mol. The first-order valence-electron chi connectivity index (χ1n) is 8.27. The predicted molar refractivity (Wildman–Crippen MR) is 96.5 cm³/mol. The lowest BCUT2D eigenvalue weighted by Gasteiger charge is -2.03. The fraction of sp³-hybridized carbons (Fsp3) is 0.105. The largest absolute Gasteiger partial charge is 0.366 e. The molecule has 6 nitrogen and oxygen atoms in total. The molecule has 27 heavy (non-hydrogen) atoms. The number of fused-ring (bicyclic) bond motifs is 1. The summed E-state index contributed by atoms with van der Waals surface area (Å²) >= 11 is 0. The summed E-state index contributed by atoms with van der Waals surface area (Å²) in [7, 11) is 0. The van der Waals surface area contributed by atoms with Gasteiger partial charge in [0.15, 0.2) is 5.82 Å². The standard InChI is InChI=1S/C19H14F2N6/c20-13-7-14(21)9-15(8-13)27-25-18(10-22)19(26-27)23-6-5-12-11-24-17-4-2-1-3-16(12)17/h1-4,7-9,11,24H,5-6H2,(H,23,26). The number of para-hydroxylation sites is 1. The van der Waals surface area contributed by atoms with Crippen LogP contribution in [0.2, 0.25) is 0 Å². The van der Waals surface area contributed by atoms with E-state index < -0.39 is 11.6 Å². The van der Waals surface area contributed by atoms with Crippen LogP contribution in [0.1, 0.15) is 11.3 Å². The van der Waals surface area contributed by atoms with Crippen LogP contribution in [0.4, 0.5) is 14.6 Å². The van der Waals surface area contributed by atoms with Crippen molar-refractivity contribution in [3.8, 4) is 11.8 Å². The molecule has 0 spiro atoms.